The Bertz CT molecular complexity index is 609. The third kappa shape index (κ3) is 3.73. The zero-order valence-corrected chi connectivity index (χ0v) is 15.8. The summed E-state index contributed by atoms with van der Waals surface area (Å²) in [5.74, 6) is 0. The van der Waals surface area contributed by atoms with Gasteiger partial charge in [-0.25, -0.2) is 4.79 Å². The Hall–Kier alpha value is -1.60. The number of anilines is 1. The third-order valence-electron chi connectivity index (χ3n) is 4.37. The molecular formula is C17H27BN2O4. The van der Waals surface area contributed by atoms with Gasteiger partial charge in [0.15, 0.2) is 0 Å². The van der Waals surface area contributed by atoms with Crippen LogP contribution >= 0.6 is 0 Å². The normalized spacial score (nSPS) is 19.2. The maximum atomic E-state index is 12.4. The lowest BCUT2D eigenvalue weighted by Crippen LogP contribution is -2.42. The first kappa shape index (κ1) is 18.7. The van der Waals surface area contributed by atoms with Crippen molar-refractivity contribution in [1.29, 1.82) is 0 Å². The van der Waals surface area contributed by atoms with Crippen LogP contribution in [0.25, 0.3) is 0 Å². The van der Waals surface area contributed by atoms with Crippen molar-refractivity contribution in [3.05, 3.63) is 18.5 Å². The van der Waals surface area contributed by atoms with Gasteiger partial charge in [0, 0.05) is 18.7 Å². The van der Waals surface area contributed by atoms with E-state index in [0.717, 1.165) is 5.46 Å². The molecule has 7 heteroatoms. The maximum Gasteiger partial charge on any atom is 0.497 e. The van der Waals surface area contributed by atoms with Gasteiger partial charge in [-0.05, 0) is 54.5 Å². The SMILES string of the molecule is CN(C(=O)OC(C)(C)C)c1cnccc1B1OC(C)(C)C(C)(C)O1. The molecule has 6 nitrogen and oxygen atoms in total. The van der Waals surface area contributed by atoms with Gasteiger partial charge in [-0.1, -0.05) is 0 Å². The Kier molecular flexibility index (Phi) is 4.72. The molecule has 1 aromatic heterocycles. The molecule has 1 aliphatic heterocycles. The highest BCUT2D eigenvalue weighted by Crippen LogP contribution is 2.37. The van der Waals surface area contributed by atoms with Crippen molar-refractivity contribution in [3.8, 4) is 0 Å². The highest BCUT2D eigenvalue weighted by atomic mass is 16.7. The average molecular weight is 334 g/mol. The average Bonchev–Trinajstić information content (AvgIpc) is 2.64. The Balaban J connectivity index is 2.31. The monoisotopic (exact) mass is 334 g/mol. The molecule has 1 aromatic rings. The molecule has 1 amide bonds. The highest BCUT2D eigenvalue weighted by Gasteiger charge is 2.52. The lowest BCUT2D eigenvalue weighted by Gasteiger charge is -2.32. The molecule has 0 N–H and O–H groups in total. The van der Waals surface area contributed by atoms with Crippen LogP contribution in [0.2, 0.25) is 0 Å². The summed E-state index contributed by atoms with van der Waals surface area (Å²) in [7, 11) is 1.08. The molecule has 0 aromatic carbocycles. The van der Waals surface area contributed by atoms with E-state index >= 15 is 0 Å². The lowest BCUT2D eigenvalue weighted by atomic mass is 9.78. The summed E-state index contributed by atoms with van der Waals surface area (Å²) in [6.07, 6.45) is 2.82. The molecule has 0 atom stereocenters. The molecular weight excluding hydrogens is 307 g/mol. The third-order valence-corrected chi connectivity index (χ3v) is 4.37. The molecule has 0 aliphatic carbocycles. The van der Waals surface area contributed by atoms with Gasteiger partial charge in [0.05, 0.1) is 23.1 Å². The summed E-state index contributed by atoms with van der Waals surface area (Å²) in [5, 5.41) is 0. The first-order valence-corrected chi connectivity index (χ1v) is 8.10. The summed E-state index contributed by atoms with van der Waals surface area (Å²) in [6.45, 7) is 13.5. The second-order valence-corrected chi connectivity index (χ2v) is 8.06. The van der Waals surface area contributed by atoms with E-state index in [1.807, 2.05) is 48.5 Å². The van der Waals surface area contributed by atoms with Gasteiger partial charge in [0.25, 0.3) is 0 Å². The lowest BCUT2D eigenvalue weighted by molar-refractivity contribution is 0.00578. The summed E-state index contributed by atoms with van der Waals surface area (Å²) in [6, 6.07) is 1.80. The number of rotatable bonds is 2. The fraction of sp³-hybridized carbons (Fsp3) is 0.647. The number of nitrogens with zero attached hydrogens (tertiary/aromatic N) is 2. The number of hydrogen-bond donors (Lipinski definition) is 0. The molecule has 0 radical (unpaired) electrons. The van der Waals surface area contributed by atoms with Crippen molar-refractivity contribution in [2.24, 2.45) is 0 Å². The smallest absolute Gasteiger partial charge is 0.443 e. The van der Waals surface area contributed by atoms with Gasteiger partial charge in [0.1, 0.15) is 5.60 Å². The van der Waals surface area contributed by atoms with Crippen LogP contribution in [0, 0.1) is 0 Å². The van der Waals surface area contributed by atoms with Crippen molar-refractivity contribution >= 4 is 24.4 Å². The number of pyridine rings is 1. The van der Waals surface area contributed by atoms with Gasteiger partial charge in [-0.2, -0.15) is 0 Å². The number of ether oxygens (including phenoxy) is 1. The topological polar surface area (TPSA) is 60.9 Å². The van der Waals surface area contributed by atoms with Crippen LogP contribution in [0.4, 0.5) is 10.5 Å². The minimum absolute atomic E-state index is 0.451. The number of hydrogen-bond acceptors (Lipinski definition) is 5. The predicted octanol–water partition coefficient (Wildman–Crippen LogP) is 2.75. The second kappa shape index (κ2) is 6.04. The molecule has 1 aliphatic rings. The fourth-order valence-electron chi connectivity index (χ4n) is 2.28. The molecule has 24 heavy (non-hydrogen) atoms. The van der Waals surface area contributed by atoms with E-state index in [1.54, 1.807) is 25.5 Å². The molecule has 0 saturated carbocycles. The van der Waals surface area contributed by atoms with Gasteiger partial charge < -0.3 is 14.0 Å². The van der Waals surface area contributed by atoms with E-state index in [9.17, 15) is 4.79 Å². The van der Waals surface area contributed by atoms with Crippen LogP contribution in [-0.4, -0.2) is 42.0 Å². The van der Waals surface area contributed by atoms with Gasteiger partial charge in [-0.15, -0.1) is 0 Å². The molecule has 0 unspecified atom stereocenters. The number of aromatic nitrogens is 1. The zero-order chi connectivity index (χ0) is 18.3. The quantitative estimate of drug-likeness (QED) is 0.779. The van der Waals surface area contributed by atoms with Crippen LogP contribution < -0.4 is 10.4 Å². The molecule has 2 heterocycles. The van der Waals surface area contributed by atoms with Crippen molar-refractivity contribution in [3.63, 3.8) is 0 Å². The molecule has 2 rings (SSSR count). The van der Waals surface area contributed by atoms with E-state index in [-0.39, 0.29) is 0 Å². The first-order valence-electron chi connectivity index (χ1n) is 8.10. The van der Waals surface area contributed by atoms with E-state index in [1.165, 1.54) is 4.90 Å². The fourth-order valence-corrected chi connectivity index (χ4v) is 2.28. The number of carbonyl (C=O) groups is 1. The largest absolute Gasteiger partial charge is 0.497 e. The summed E-state index contributed by atoms with van der Waals surface area (Å²) in [5.41, 5.74) is -0.133. The zero-order valence-electron chi connectivity index (χ0n) is 15.8. The van der Waals surface area contributed by atoms with Gasteiger partial charge in [-0.3, -0.25) is 9.88 Å². The first-order chi connectivity index (χ1) is 10.8. The Labute approximate surface area is 144 Å². The molecule has 0 bridgehead atoms. The Morgan fingerprint density at radius 1 is 1.21 bits per heavy atom. The van der Waals surface area contributed by atoms with Crippen LogP contribution in [0.15, 0.2) is 18.5 Å². The molecule has 1 saturated heterocycles. The van der Waals surface area contributed by atoms with Crippen molar-refractivity contribution in [2.45, 2.75) is 65.3 Å². The maximum absolute atomic E-state index is 12.4. The van der Waals surface area contributed by atoms with Crippen LogP contribution in [0.5, 0.6) is 0 Å². The molecule has 0 spiro atoms. The van der Waals surface area contributed by atoms with E-state index in [4.69, 9.17) is 14.0 Å². The summed E-state index contributed by atoms with van der Waals surface area (Å²) >= 11 is 0. The standard InChI is InChI=1S/C17H27BN2O4/c1-15(2,3)22-14(21)20(8)13-11-19-10-9-12(13)18-23-16(4,5)17(6,7)24-18/h9-11H,1-8H3. The molecule has 132 valence electrons. The van der Waals surface area contributed by atoms with Gasteiger partial charge in [0.2, 0.25) is 0 Å². The predicted molar refractivity (Wildman–Crippen MR) is 94.6 cm³/mol. The van der Waals surface area contributed by atoms with E-state index in [0.29, 0.717) is 5.69 Å². The van der Waals surface area contributed by atoms with Crippen molar-refractivity contribution in [2.75, 3.05) is 11.9 Å². The van der Waals surface area contributed by atoms with E-state index < -0.39 is 30.0 Å². The highest BCUT2D eigenvalue weighted by molar-refractivity contribution is 6.64. The van der Waals surface area contributed by atoms with Gasteiger partial charge >= 0.3 is 13.2 Å². The minimum atomic E-state index is -0.571. The van der Waals surface area contributed by atoms with Crippen LogP contribution in [0.3, 0.4) is 0 Å². The van der Waals surface area contributed by atoms with Crippen LogP contribution in [-0.2, 0) is 14.0 Å². The van der Waals surface area contributed by atoms with Crippen molar-refractivity contribution in [1.82, 2.24) is 4.98 Å². The Morgan fingerprint density at radius 2 is 1.75 bits per heavy atom. The Morgan fingerprint density at radius 3 is 2.25 bits per heavy atom. The van der Waals surface area contributed by atoms with E-state index in [2.05, 4.69) is 4.98 Å². The van der Waals surface area contributed by atoms with Crippen molar-refractivity contribution < 1.29 is 18.8 Å². The molecule has 1 fully saturated rings. The second-order valence-electron chi connectivity index (χ2n) is 8.06. The minimum Gasteiger partial charge on any atom is -0.443 e. The number of carbonyl (C=O) groups excluding carboxylic acids is 1. The number of amides is 1. The summed E-state index contributed by atoms with van der Waals surface area (Å²) < 4.78 is 17.6. The van der Waals surface area contributed by atoms with Crippen LogP contribution in [0.1, 0.15) is 48.5 Å². The summed E-state index contributed by atoms with van der Waals surface area (Å²) in [4.78, 5) is 17.9.